The van der Waals surface area contributed by atoms with E-state index in [1.165, 1.54) is 5.57 Å². The average molecular weight is 306 g/mol. The number of amides is 2. The van der Waals surface area contributed by atoms with Crippen LogP contribution >= 0.6 is 0 Å². The topological polar surface area (TPSA) is 49.4 Å². The Kier molecular flexibility index (Phi) is 9.92. The Morgan fingerprint density at radius 3 is 2.23 bits per heavy atom. The number of rotatable bonds is 2. The fourth-order valence-electron chi connectivity index (χ4n) is 2.38. The zero-order chi connectivity index (χ0) is 17.1. The van der Waals surface area contributed by atoms with E-state index in [2.05, 4.69) is 23.7 Å². The highest BCUT2D eigenvalue weighted by Crippen LogP contribution is 2.28. The van der Waals surface area contributed by atoms with Crippen molar-refractivity contribution in [1.29, 1.82) is 0 Å². The zero-order valence-electron chi connectivity index (χ0n) is 14.6. The molecule has 2 rings (SSSR count). The first-order valence-electron chi connectivity index (χ1n) is 8.05. The highest BCUT2D eigenvalue weighted by Gasteiger charge is 2.34. The Hall–Kier alpha value is -1.84. The summed E-state index contributed by atoms with van der Waals surface area (Å²) >= 11 is 0. The maximum absolute atomic E-state index is 11.7. The van der Waals surface area contributed by atoms with Gasteiger partial charge >= 0.3 is 0 Å². The molecule has 4 heteroatoms. The summed E-state index contributed by atoms with van der Waals surface area (Å²) in [5.74, 6) is -0.341. The number of carbonyl (C=O) groups is 2. The van der Waals surface area contributed by atoms with E-state index in [9.17, 15) is 9.59 Å². The van der Waals surface area contributed by atoms with Crippen molar-refractivity contribution in [2.24, 2.45) is 0 Å². The van der Waals surface area contributed by atoms with Crippen molar-refractivity contribution in [3.8, 4) is 0 Å². The van der Waals surface area contributed by atoms with Gasteiger partial charge in [0, 0.05) is 18.7 Å². The second-order valence-electron chi connectivity index (χ2n) is 4.95. The molecule has 4 nitrogen and oxygen atoms in total. The first kappa shape index (κ1) is 20.2. The standard InChI is InChI=1S/C12H16N2O2.C4H8.C2H6/c1-3-9-8(2)6-7-14(9)10-4-5-11(15)13-12(10)16;1-3-4-2;1-2/h3,10H,1,4-7H2,2H3,(H,13,15,16);3-4H,1-2H3;1-2H3/b;4-3-;. The summed E-state index contributed by atoms with van der Waals surface area (Å²) in [7, 11) is 0. The van der Waals surface area contributed by atoms with Crippen LogP contribution in [-0.2, 0) is 9.59 Å². The zero-order valence-corrected chi connectivity index (χ0v) is 14.6. The van der Waals surface area contributed by atoms with Crippen molar-refractivity contribution in [3.63, 3.8) is 0 Å². The van der Waals surface area contributed by atoms with Gasteiger partial charge < -0.3 is 4.90 Å². The number of piperidine rings is 1. The summed E-state index contributed by atoms with van der Waals surface area (Å²) in [5.41, 5.74) is 2.31. The van der Waals surface area contributed by atoms with Crippen molar-refractivity contribution in [1.82, 2.24) is 10.2 Å². The number of nitrogens with zero attached hydrogens (tertiary/aromatic N) is 1. The lowest BCUT2D eigenvalue weighted by molar-refractivity contribution is -0.136. The normalized spacial score (nSPS) is 21.0. The van der Waals surface area contributed by atoms with Crippen molar-refractivity contribution in [3.05, 3.63) is 36.1 Å². The molecule has 2 heterocycles. The van der Waals surface area contributed by atoms with Crippen molar-refractivity contribution < 1.29 is 9.59 Å². The van der Waals surface area contributed by atoms with Gasteiger partial charge in [-0.3, -0.25) is 14.9 Å². The summed E-state index contributed by atoms with van der Waals surface area (Å²) < 4.78 is 0. The molecule has 0 spiro atoms. The quantitative estimate of drug-likeness (QED) is 0.627. The molecular formula is C18H30N2O2. The minimum absolute atomic E-state index is 0.165. The molecule has 0 aromatic rings. The molecule has 2 amide bonds. The largest absolute Gasteiger partial charge is 0.359 e. The molecule has 22 heavy (non-hydrogen) atoms. The van der Waals surface area contributed by atoms with Crippen LogP contribution in [0.4, 0.5) is 0 Å². The fourth-order valence-corrected chi connectivity index (χ4v) is 2.38. The summed E-state index contributed by atoms with van der Waals surface area (Å²) in [6.07, 6.45) is 7.80. The lowest BCUT2D eigenvalue weighted by Gasteiger charge is -2.32. The number of hydrogen-bond donors (Lipinski definition) is 1. The van der Waals surface area contributed by atoms with Crippen LogP contribution in [-0.4, -0.2) is 29.3 Å². The SMILES string of the molecule is C/C=C\C.C=CC1=C(C)CCN1C1CCC(=O)NC1=O.CC. The van der Waals surface area contributed by atoms with E-state index in [1.807, 2.05) is 39.8 Å². The number of hydrogen-bond acceptors (Lipinski definition) is 3. The van der Waals surface area contributed by atoms with Gasteiger partial charge in [-0.05, 0) is 45.3 Å². The smallest absolute Gasteiger partial charge is 0.249 e. The molecule has 0 saturated carbocycles. The second kappa shape index (κ2) is 10.8. The molecule has 0 radical (unpaired) electrons. The highest BCUT2D eigenvalue weighted by molar-refractivity contribution is 6.00. The maximum Gasteiger partial charge on any atom is 0.249 e. The van der Waals surface area contributed by atoms with E-state index < -0.39 is 0 Å². The van der Waals surface area contributed by atoms with Gasteiger partial charge in [0.25, 0.3) is 0 Å². The number of nitrogens with one attached hydrogen (secondary N) is 1. The summed E-state index contributed by atoms with van der Waals surface area (Å²) in [6, 6.07) is -0.205. The summed E-state index contributed by atoms with van der Waals surface area (Å²) in [6.45, 7) is 14.7. The second-order valence-corrected chi connectivity index (χ2v) is 4.95. The van der Waals surface area contributed by atoms with Crippen LogP contribution in [0.15, 0.2) is 36.1 Å². The van der Waals surface area contributed by atoms with E-state index >= 15 is 0 Å². The Morgan fingerprint density at radius 2 is 1.77 bits per heavy atom. The molecule has 0 bridgehead atoms. The van der Waals surface area contributed by atoms with Gasteiger partial charge in [0.2, 0.25) is 11.8 Å². The molecule has 1 saturated heterocycles. The lowest BCUT2D eigenvalue weighted by atomic mass is 10.0. The van der Waals surface area contributed by atoms with Gasteiger partial charge in [0.1, 0.15) is 6.04 Å². The minimum Gasteiger partial charge on any atom is -0.359 e. The van der Waals surface area contributed by atoms with Crippen LogP contribution in [0, 0.1) is 0 Å². The predicted octanol–water partition coefficient (Wildman–Crippen LogP) is 3.57. The molecule has 1 unspecified atom stereocenters. The molecule has 2 aliphatic heterocycles. The molecule has 1 atom stereocenters. The lowest BCUT2D eigenvalue weighted by Crippen LogP contribution is -2.51. The molecule has 1 fully saturated rings. The monoisotopic (exact) mass is 306 g/mol. The van der Waals surface area contributed by atoms with E-state index in [-0.39, 0.29) is 17.9 Å². The van der Waals surface area contributed by atoms with E-state index in [0.717, 1.165) is 18.7 Å². The molecule has 1 N–H and O–H groups in total. The average Bonchev–Trinajstić information content (AvgIpc) is 2.90. The van der Waals surface area contributed by atoms with Gasteiger partial charge in [-0.15, -0.1) is 0 Å². The van der Waals surface area contributed by atoms with Crippen LogP contribution in [0.3, 0.4) is 0 Å². The van der Waals surface area contributed by atoms with E-state index in [0.29, 0.717) is 12.8 Å². The van der Waals surface area contributed by atoms with E-state index in [4.69, 9.17) is 0 Å². The van der Waals surface area contributed by atoms with Gasteiger partial charge in [0.05, 0.1) is 0 Å². The molecular weight excluding hydrogens is 276 g/mol. The molecule has 2 aliphatic rings. The first-order valence-corrected chi connectivity index (χ1v) is 8.05. The molecule has 0 aromatic heterocycles. The first-order chi connectivity index (χ1) is 10.5. The fraction of sp³-hybridized carbons (Fsp3) is 0.556. The highest BCUT2D eigenvalue weighted by atomic mass is 16.2. The third-order valence-electron chi connectivity index (χ3n) is 3.59. The van der Waals surface area contributed by atoms with Gasteiger partial charge in [-0.2, -0.15) is 0 Å². The number of imide groups is 1. The van der Waals surface area contributed by atoms with Gasteiger partial charge in [-0.1, -0.05) is 32.6 Å². The number of allylic oxidation sites excluding steroid dienone is 3. The van der Waals surface area contributed by atoms with Crippen LogP contribution < -0.4 is 5.32 Å². The Morgan fingerprint density at radius 1 is 1.18 bits per heavy atom. The van der Waals surface area contributed by atoms with E-state index in [1.54, 1.807) is 6.08 Å². The molecule has 124 valence electrons. The van der Waals surface area contributed by atoms with Crippen molar-refractivity contribution in [2.45, 2.75) is 59.9 Å². The molecule has 0 aromatic carbocycles. The van der Waals surface area contributed by atoms with Crippen LogP contribution in [0.25, 0.3) is 0 Å². The van der Waals surface area contributed by atoms with Crippen molar-refractivity contribution >= 4 is 11.8 Å². The van der Waals surface area contributed by atoms with Crippen molar-refractivity contribution in [2.75, 3.05) is 6.54 Å². The molecule has 0 aliphatic carbocycles. The maximum atomic E-state index is 11.7. The Labute approximate surface area is 135 Å². The Balaban J connectivity index is 0.000000640. The van der Waals surface area contributed by atoms with Gasteiger partial charge in [-0.25, -0.2) is 0 Å². The summed E-state index contributed by atoms with van der Waals surface area (Å²) in [4.78, 5) is 24.9. The third-order valence-corrected chi connectivity index (χ3v) is 3.59. The van der Waals surface area contributed by atoms with Gasteiger partial charge in [0.15, 0.2) is 0 Å². The summed E-state index contributed by atoms with van der Waals surface area (Å²) in [5, 5.41) is 2.39. The van der Waals surface area contributed by atoms with Crippen LogP contribution in [0.5, 0.6) is 0 Å². The Bertz CT molecular complexity index is 446. The van der Waals surface area contributed by atoms with Crippen LogP contribution in [0.1, 0.15) is 53.9 Å². The predicted molar refractivity (Wildman–Crippen MR) is 92.2 cm³/mol. The minimum atomic E-state index is -0.205. The third kappa shape index (κ3) is 5.51. The number of carbonyl (C=O) groups excluding carboxylic acids is 2. The van der Waals surface area contributed by atoms with Crippen LogP contribution in [0.2, 0.25) is 0 Å².